The highest BCUT2D eigenvalue weighted by atomic mass is 14.5. The van der Waals surface area contributed by atoms with Gasteiger partial charge >= 0.3 is 0 Å². The molecule has 0 heterocycles. The van der Waals surface area contributed by atoms with Crippen molar-refractivity contribution in [2.75, 3.05) is 0 Å². The predicted octanol–water partition coefficient (Wildman–Crippen LogP) is 2.93. The molecule has 0 radical (unpaired) electrons. The molecule has 1 aliphatic carbocycles. The maximum absolute atomic E-state index is 5.29. The van der Waals surface area contributed by atoms with Gasteiger partial charge in [-0.15, -0.1) is 0 Å². The first-order valence-corrected chi connectivity index (χ1v) is 4.60. The van der Waals surface area contributed by atoms with Crippen LogP contribution < -0.4 is 5.73 Å². The summed E-state index contributed by atoms with van der Waals surface area (Å²) in [5.41, 5.74) is 9.44. The second kappa shape index (κ2) is 4.13. The fourth-order valence-corrected chi connectivity index (χ4v) is 1.46. The molecule has 0 aromatic rings. The van der Waals surface area contributed by atoms with Crippen LogP contribution in [0, 0.1) is 5.92 Å². The number of hydrogen-bond acceptors (Lipinski definition) is 1. The minimum Gasteiger partial charge on any atom is -0.405 e. The molecule has 1 unspecified atom stereocenters. The minimum atomic E-state index is 0.515. The van der Waals surface area contributed by atoms with Crippen molar-refractivity contribution in [1.29, 1.82) is 0 Å². The molecule has 0 fully saturated rings. The Balaban J connectivity index is 2.93. The normalized spacial score (nSPS) is 26.4. The van der Waals surface area contributed by atoms with E-state index in [0.717, 1.165) is 0 Å². The Hall–Kier alpha value is -1.24. The molecule has 0 bridgehead atoms. The number of hydrogen-bond donors (Lipinski definition) is 1. The molecule has 1 atom stereocenters. The van der Waals surface area contributed by atoms with Gasteiger partial charge < -0.3 is 5.73 Å². The molecule has 1 nitrogen and oxygen atoms in total. The molecule has 0 aliphatic heterocycles. The van der Waals surface area contributed by atoms with Gasteiger partial charge in [-0.25, -0.2) is 0 Å². The highest BCUT2D eigenvalue weighted by Gasteiger charge is 2.12. The quantitative estimate of drug-likeness (QED) is 0.651. The first kappa shape index (κ1) is 9.85. The van der Waals surface area contributed by atoms with Crippen molar-refractivity contribution in [3.8, 4) is 0 Å². The summed E-state index contributed by atoms with van der Waals surface area (Å²) in [4.78, 5) is 0. The fourth-order valence-electron chi connectivity index (χ4n) is 1.46. The van der Waals surface area contributed by atoms with Crippen LogP contribution in [0.1, 0.15) is 20.8 Å². The molecule has 2 N–H and O–H groups in total. The number of rotatable bonds is 1. The second-order valence-corrected chi connectivity index (χ2v) is 3.47. The maximum Gasteiger partial charge on any atom is 0.00227 e. The zero-order valence-electron chi connectivity index (χ0n) is 8.54. The van der Waals surface area contributed by atoms with E-state index in [-0.39, 0.29) is 0 Å². The second-order valence-electron chi connectivity index (χ2n) is 3.47. The van der Waals surface area contributed by atoms with Gasteiger partial charge in [0.05, 0.1) is 0 Å². The van der Waals surface area contributed by atoms with Gasteiger partial charge in [0, 0.05) is 5.92 Å². The third-order valence-electron chi connectivity index (χ3n) is 2.70. The van der Waals surface area contributed by atoms with Crippen molar-refractivity contribution in [3.05, 3.63) is 47.2 Å². The van der Waals surface area contributed by atoms with E-state index in [1.165, 1.54) is 16.7 Å². The van der Waals surface area contributed by atoms with Gasteiger partial charge in [-0.1, -0.05) is 36.3 Å². The molecule has 0 aromatic carbocycles. The zero-order valence-corrected chi connectivity index (χ0v) is 8.54. The monoisotopic (exact) mass is 175 g/mol. The van der Waals surface area contributed by atoms with Gasteiger partial charge in [-0.05, 0) is 31.7 Å². The lowest BCUT2D eigenvalue weighted by molar-refractivity contribution is 0.802. The third-order valence-corrected chi connectivity index (χ3v) is 2.70. The van der Waals surface area contributed by atoms with Crippen LogP contribution in [0.3, 0.4) is 0 Å². The molecule has 0 aromatic heterocycles. The Kier molecular flexibility index (Phi) is 3.13. The minimum absolute atomic E-state index is 0.515. The lowest BCUT2D eigenvalue weighted by Gasteiger charge is -2.19. The summed E-state index contributed by atoms with van der Waals surface area (Å²) >= 11 is 0. The van der Waals surface area contributed by atoms with Crippen molar-refractivity contribution in [3.63, 3.8) is 0 Å². The first-order valence-electron chi connectivity index (χ1n) is 4.60. The number of nitrogens with two attached hydrogens (primary N) is 1. The molecule has 70 valence electrons. The highest BCUT2D eigenvalue weighted by Crippen LogP contribution is 2.28. The summed E-state index contributed by atoms with van der Waals surface area (Å²) in [5.74, 6) is 0.515. The van der Waals surface area contributed by atoms with E-state index >= 15 is 0 Å². The van der Waals surface area contributed by atoms with Crippen molar-refractivity contribution >= 4 is 0 Å². The Morgan fingerprint density at radius 2 is 2.00 bits per heavy atom. The summed E-state index contributed by atoms with van der Waals surface area (Å²) in [5, 5.41) is 0. The fraction of sp³-hybridized carbons (Fsp3) is 0.333. The summed E-state index contributed by atoms with van der Waals surface area (Å²) in [6, 6.07) is 0. The van der Waals surface area contributed by atoms with Gasteiger partial charge in [0.15, 0.2) is 0 Å². The van der Waals surface area contributed by atoms with E-state index in [0.29, 0.717) is 5.92 Å². The van der Waals surface area contributed by atoms with Crippen LogP contribution in [0.15, 0.2) is 47.2 Å². The average Bonchev–Trinajstić information content (AvgIpc) is 2.13. The van der Waals surface area contributed by atoms with Gasteiger partial charge in [0.25, 0.3) is 0 Å². The Morgan fingerprint density at radius 1 is 1.31 bits per heavy atom. The van der Waals surface area contributed by atoms with E-state index in [1.807, 2.05) is 6.08 Å². The van der Waals surface area contributed by atoms with Gasteiger partial charge in [0.1, 0.15) is 0 Å². The lowest BCUT2D eigenvalue weighted by atomic mass is 9.86. The molecule has 0 amide bonds. The molecular weight excluding hydrogens is 158 g/mol. The Labute approximate surface area is 80.3 Å². The van der Waals surface area contributed by atoms with Crippen molar-refractivity contribution < 1.29 is 0 Å². The summed E-state index contributed by atoms with van der Waals surface area (Å²) in [6.45, 7) is 6.56. The van der Waals surface area contributed by atoms with Gasteiger partial charge in [-0.3, -0.25) is 0 Å². The van der Waals surface area contributed by atoms with E-state index < -0.39 is 0 Å². The van der Waals surface area contributed by atoms with Crippen molar-refractivity contribution in [1.82, 2.24) is 0 Å². The van der Waals surface area contributed by atoms with Crippen LogP contribution in [0.5, 0.6) is 0 Å². The average molecular weight is 175 g/mol. The molecular formula is C12H17N. The van der Waals surface area contributed by atoms with Crippen molar-refractivity contribution in [2.45, 2.75) is 20.8 Å². The van der Waals surface area contributed by atoms with Crippen LogP contribution in [0.2, 0.25) is 0 Å². The summed E-state index contributed by atoms with van der Waals surface area (Å²) in [7, 11) is 0. The maximum atomic E-state index is 5.29. The SMILES string of the molecule is CC1=C(C)C(C)/C(=C\C=C/N)C=C1. The van der Waals surface area contributed by atoms with Crippen molar-refractivity contribution in [2.24, 2.45) is 11.7 Å². The van der Waals surface area contributed by atoms with E-state index in [4.69, 9.17) is 5.73 Å². The molecule has 0 saturated carbocycles. The largest absolute Gasteiger partial charge is 0.405 e. The first-order chi connectivity index (χ1) is 6.16. The van der Waals surface area contributed by atoms with E-state index in [2.05, 4.69) is 39.0 Å². The molecule has 1 heteroatoms. The van der Waals surface area contributed by atoms with Crippen LogP contribution >= 0.6 is 0 Å². The zero-order chi connectivity index (χ0) is 9.84. The van der Waals surface area contributed by atoms with Crippen LogP contribution in [-0.4, -0.2) is 0 Å². The topological polar surface area (TPSA) is 26.0 Å². The van der Waals surface area contributed by atoms with E-state index in [9.17, 15) is 0 Å². The van der Waals surface area contributed by atoms with Gasteiger partial charge in [-0.2, -0.15) is 0 Å². The molecule has 1 aliphatic rings. The lowest BCUT2D eigenvalue weighted by Crippen LogP contribution is -2.04. The summed E-state index contributed by atoms with van der Waals surface area (Å²) in [6.07, 6.45) is 9.83. The smallest absolute Gasteiger partial charge is 0.00227 e. The van der Waals surface area contributed by atoms with E-state index in [1.54, 1.807) is 6.20 Å². The predicted molar refractivity (Wildman–Crippen MR) is 58.1 cm³/mol. The molecule has 0 spiro atoms. The highest BCUT2D eigenvalue weighted by molar-refractivity contribution is 5.42. The molecule has 13 heavy (non-hydrogen) atoms. The summed E-state index contributed by atoms with van der Waals surface area (Å²) < 4.78 is 0. The number of allylic oxidation sites excluding steroid dienone is 7. The Bertz CT molecular complexity index is 303. The third kappa shape index (κ3) is 2.11. The van der Waals surface area contributed by atoms with Crippen LogP contribution in [0.4, 0.5) is 0 Å². The molecule has 0 saturated heterocycles. The van der Waals surface area contributed by atoms with Crippen LogP contribution in [-0.2, 0) is 0 Å². The Morgan fingerprint density at radius 3 is 2.62 bits per heavy atom. The standard InChI is InChI=1S/C12H17N/c1-9-6-7-12(5-4-8-13)11(3)10(9)2/h4-8,11H,13H2,1-3H3/b8-4-,12-5-. The molecule has 1 rings (SSSR count). The van der Waals surface area contributed by atoms with Gasteiger partial charge in [0.2, 0.25) is 0 Å². The van der Waals surface area contributed by atoms with Crippen LogP contribution in [0.25, 0.3) is 0 Å².